The molecule has 0 bridgehead atoms. The minimum Gasteiger partial charge on any atom is -0.461 e. The van der Waals surface area contributed by atoms with Crippen molar-refractivity contribution in [1.82, 2.24) is 9.78 Å². The first-order valence-electron chi connectivity index (χ1n) is 6.90. The topological polar surface area (TPSA) is 51.2 Å². The highest BCUT2D eigenvalue weighted by atomic mass is 16.3. The summed E-state index contributed by atoms with van der Waals surface area (Å²) in [6.07, 6.45) is 1.99. The van der Waals surface area contributed by atoms with Gasteiger partial charge in [0.15, 0.2) is 0 Å². The first-order valence-corrected chi connectivity index (χ1v) is 6.90. The molecule has 2 aromatic heterocycles. The van der Waals surface area contributed by atoms with Crippen LogP contribution in [0.15, 0.2) is 40.9 Å². The number of benzene rings is 1. The highest BCUT2D eigenvalue weighted by Gasteiger charge is 2.22. The number of furan rings is 1. The Bertz CT molecular complexity index is 727. The molecule has 1 aromatic carbocycles. The van der Waals surface area contributed by atoms with E-state index in [4.69, 9.17) is 4.42 Å². The number of aliphatic hydroxyl groups is 1. The van der Waals surface area contributed by atoms with E-state index in [1.54, 1.807) is 6.20 Å². The molecule has 0 saturated carbocycles. The maximum absolute atomic E-state index is 10.7. The molecular formula is C16H18N2O2. The Morgan fingerprint density at radius 1 is 1.30 bits per heavy atom. The summed E-state index contributed by atoms with van der Waals surface area (Å²) in [6.45, 7) is 4.78. The van der Waals surface area contributed by atoms with Gasteiger partial charge in [0.2, 0.25) is 0 Å². The molecule has 20 heavy (non-hydrogen) atoms. The summed E-state index contributed by atoms with van der Waals surface area (Å²) in [5, 5.41) is 16.0. The number of aliphatic hydroxyl groups excluding tert-OH is 1. The van der Waals surface area contributed by atoms with Gasteiger partial charge in [0, 0.05) is 23.7 Å². The van der Waals surface area contributed by atoms with Gasteiger partial charge in [0.05, 0.1) is 5.69 Å². The normalized spacial score (nSPS) is 12.9. The summed E-state index contributed by atoms with van der Waals surface area (Å²) in [4.78, 5) is 0. The fourth-order valence-corrected chi connectivity index (χ4v) is 2.65. The van der Waals surface area contributed by atoms with E-state index >= 15 is 0 Å². The monoisotopic (exact) mass is 270 g/mol. The van der Waals surface area contributed by atoms with Crippen molar-refractivity contribution in [2.45, 2.75) is 32.9 Å². The van der Waals surface area contributed by atoms with E-state index in [1.807, 2.05) is 41.9 Å². The standard InChI is InChI=1S/C16H18N2O2/c1-3-10-18-13(8-9-17-18)16(19)15-11(2)20-14-7-5-4-6-12(14)15/h4-9,16,19H,3,10H2,1-2H3. The zero-order valence-corrected chi connectivity index (χ0v) is 11.7. The molecule has 1 unspecified atom stereocenters. The zero-order valence-electron chi connectivity index (χ0n) is 11.7. The zero-order chi connectivity index (χ0) is 14.1. The van der Waals surface area contributed by atoms with Crippen LogP contribution in [0.3, 0.4) is 0 Å². The largest absolute Gasteiger partial charge is 0.461 e. The third-order valence-corrected chi connectivity index (χ3v) is 3.56. The summed E-state index contributed by atoms with van der Waals surface area (Å²) in [5.74, 6) is 0.753. The number of hydrogen-bond acceptors (Lipinski definition) is 3. The average Bonchev–Trinajstić information content (AvgIpc) is 3.02. The molecule has 0 aliphatic carbocycles. The van der Waals surface area contributed by atoms with Crippen molar-refractivity contribution in [1.29, 1.82) is 0 Å². The number of hydrogen-bond donors (Lipinski definition) is 1. The Labute approximate surface area is 117 Å². The van der Waals surface area contributed by atoms with E-state index in [-0.39, 0.29) is 0 Å². The van der Waals surface area contributed by atoms with Gasteiger partial charge in [0.25, 0.3) is 0 Å². The van der Waals surface area contributed by atoms with Gasteiger partial charge in [-0.2, -0.15) is 5.10 Å². The molecule has 0 fully saturated rings. The number of aromatic nitrogens is 2. The van der Waals surface area contributed by atoms with Crippen molar-refractivity contribution in [3.8, 4) is 0 Å². The molecule has 0 aliphatic rings. The predicted molar refractivity (Wildman–Crippen MR) is 77.5 cm³/mol. The van der Waals surface area contributed by atoms with Gasteiger partial charge in [-0.05, 0) is 25.5 Å². The van der Waals surface area contributed by atoms with Gasteiger partial charge in [-0.1, -0.05) is 25.1 Å². The molecule has 3 aromatic rings. The molecule has 1 atom stereocenters. The molecule has 3 rings (SSSR count). The summed E-state index contributed by atoms with van der Waals surface area (Å²) >= 11 is 0. The second-order valence-corrected chi connectivity index (χ2v) is 4.95. The third-order valence-electron chi connectivity index (χ3n) is 3.56. The summed E-state index contributed by atoms with van der Waals surface area (Å²) in [5.41, 5.74) is 2.44. The van der Waals surface area contributed by atoms with Crippen molar-refractivity contribution in [2.24, 2.45) is 0 Å². The van der Waals surface area contributed by atoms with E-state index in [9.17, 15) is 5.11 Å². The lowest BCUT2D eigenvalue weighted by atomic mass is 10.0. The van der Waals surface area contributed by atoms with Crippen LogP contribution in [0.4, 0.5) is 0 Å². The van der Waals surface area contributed by atoms with Crippen molar-refractivity contribution >= 4 is 11.0 Å². The molecule has 2 heterocycles. The molecule has 4 nitrogen and oxygen atoms in total. The lowest BCUT2D eigenvalue weighted by molar-refractivity contribution is 0.206. The van der Waals surface area contributed by atoms with Crippen LogP contribution in [0.1, 0.15) is 36.5 Å². The first kappa shape index (κ1) is 12.9. The fourth-order valence-electron chi connectivity index (χ4n) is 2.65. The summed E-state index contributed by atoms with van der Waals surface area (Å²) in [6, 6.07) is 9.65. The van der Waals surface area contributed by atoms with Crippen LogP contribution in [-0.2, 0) is 6.54 Å². The van der Waals surface area contributed by atoms with Crippen LogP contribution >= 0.6 is 0 Å². The minimum absolute atomic E-state index is 0.715. The Morgan fingerprint density at radius 3 is 2.90 bits per heavy atom. The van der Waals surface area contributed by atoms with E-state index in [2.05, 4.69) is 12.0 Å². The van der Waals surface area contributed by atoms with Crippen molar-refractivity contribution in [3.63, 3.8) is 0 Å². The van der Waals surface area contributed by atoms with Crippen LogP contribution in [0.2, 0.25) is 0 Å². The Hall–Kier alpha value is -2.07. The molecule has 0 amide bonds. The van der Waals surface area contributed by atoms with Crippen LogP contribution in [-0.4, -0.2) is 14.9 Å². The smallest absolute Gasteiger partial charge is 0.134 e. The maximum atomic E-state index is 10.7. The third kappa shape index (κ3) is 2.02. The van der Waals surface area contributed by atoms with E-state index in [0.717, 1.165) is 41.0 Å². The molecule has 0 aliphatic heterocycles. The maximum Gasteiger partial charge on any atom is 0.134 e. The van der Waals surface area contributed by atoms with Gasteiger partial charge in [0.1, 0.15) is 17.4 Å². The number of fused-ring (bicyclic) bond motifs is 1. The Balaban J connectivity index is 2.10. The molecule has 1 N–H and O–H groups in total. The molecule has 4 heteroatoms. The minimum atomic E-state index is -0.715. The second-order valence-electron chi connectivity index (χ2n) is 4.95. The molecule has 0 radical (unpaired) electrons. The summed E-state index contributed by atoms with van der Waals surface area (Å²) < 4.78 is 7.58. The molecule has 0 saturated heterocycles. The van der Waals surface area contributed by atoms with Crippen molar-refractivity contribution in [2.75, 3.05) is 0 Å². The van der Waals surface area contributed by atoms with Crippen molar-refractivity contribution in [3.05, 3.63) is 53.5 Å². The van der Waals surface area contributed by atoms with Crippen LogP contribution in [0.5, 0.6) is 0 Å². The predicted octanol–water partition coefficient (Wildman–Crippen LogP) is 3.43. The SMILES string of the molecule is CCCn1nccc1C(O)c1c(C)oc2ccccc12. The molecule has 104 valence electrons. The average molecular weight is 270 g/mol. The van der Waals surface area contributed by atoms with Crippen molar-refractivity contribution < 1.29 is 9.52 Å². The Kier molecular flexibility index (Phi) is 3.32. The number of aryl methyl sites for hydroxylation is 2. The lowest BCUT2D eigenvalue weighted by Gasteiger charge is -2.13. The highest BCUT2D eigenvalue weighted by Crippen LogP contribution is 2.33. The van der Waals surface area contributed by atoms with E-state index < -0.39 is 6.10 Å². The van der Waals surface area contributed by atoms with Crippen LogP contribution in [0.25, 0.3) is 11.0 Å². The van der Waals surface area contributed by atoms with Gasteiger partial charge >= 0.3 is 0 Å². The number of nitrogens with zero attached hydrogens (tertiary/aromatic N) is 2. The first-order chi connectivity index (χ1) is 9.72. The van der Waals surface area contributed by atoms with Gasteiger partial charge in [-0.3, -0.25) is 4.68 Å². The number of rotatable bonds is 4. The van der Waals surface area contributed by atoms with Gasteiger partial charge in [-0.15, -0.1) is 0 Å². The van der Waals surface area contributed by atoms with Crippen LogP contribution < -0.4 is 0 Å². The van der Waals surface area contributed by atoms with Gasteiger partial charge in [-0.25, -0.2) is 0 Å². The highest BCUT2D eigenvalue weighted by molar-refractivity contribution is 5.83. The molecule has 0 spiro atoms. The Morgan fingerprint density at radius 2 is 2.10 bits per heavy atom. The second kappa shape index (κ2) is 5.13. The lowest BCUT2D eigenvalue weighted by Crippen LogP contribution is -2.10. The summed E-state index contributed by atoms with van der Waals surface area (Å²) in [7, 11) is 0. The van der Waals surface area contributed by atoms with E-state index in [0.29, 0.717) is 0 Å². The molecular weight excluding hydrogens is 252 g/mol. The van der Waals surface area contributed by atoms with E-state index in [1.165, 1.54) is 0 Å². The van der Waals surface area contributed by atoms with Crippen LogP contribution in [0, 0.1) is 6.92 Å². The number of para-hydroxylation sites is 1. The van der Waals surface area contributed by atoms with Gasteiger partial charge < -0.3 is 9.52 Å². The fraction of sp³-hybridized carbons (Fsp3) is 0.312. The quantitative estimate of drug-likeness (QED) is 0.790.